The van der Waals surface area contributed by atoms with E-state index in [2.05, 4.69) is 24.2 Å². The van der Waals surface area contributed by atoms with E-state index in [4.69, 9.17) is 0 Å². The molecule has 0 spiro atoms. The van der Waals surface area contributed by atoms with Gasteiger partial charge in [0.2, 0.25) is 5.78 Å². The van der Waals surface area contributed by atoms with Gasteiger partial charge in [-0.2, -0.15) is 0 Å². The number of unbranched alkanes of at least 4 members (excludes halogenated alkanes) is 2. The predicted octanol–water partition coefficient (Wildman–Crippen LogP) is 3.45. The fourth-order valence-corrected chi connectivity index (χ4v) is 2.43. The van der Waals surface area contributed by atoms with Crippen LogP contribution in [0.3, 0.4) is 0 Å². The summed E-state index contributed by atoms with van der Waals surface area (Å²) >= 11 is 0. The average Bonchev–Trinajstić information content (AvgIpc) is 2.51. The third-order valence-electron chi connectivity index (χ3n) is 3.71. The van der Waals surface area contributed by atoms with Crippen LogP contribution >= 0.6 is 0 Å². The van der Waals surface area contributed by atoms with Gasteiger partial charge in [-0.15, -0.1) is 0 Å². The molecule has 0 saturated heterocycles. The number of aromatic hydroxyl groups is 1. The Morgan fingerprint density at radius 2 is 1.95 bits per heavy atom. The molecule has 1 aromatic carbocycles. The zero-order valence-electron chi connectivity index (χ0n) is 13.4. The summed E-state index contributed by atoms with van der Waals surface area (Å²) in [6.07, 6.45) is 5.92. The number of hydrogen-bond acceptors (Lipinski definition) is 4. The van der Waals surface area contributed by atoms with Crippen molar-refractivity contribution in [1.29, 1.82) is 0 Å². The van der Waals surface area contributed by atoms with Crippen LogP contribution in [0.2, 0.25) is 0 Å². The van der Waals surface area contributed by atoms with Gasteiger partial charge in [0.05, 0.1) is 17.0 Å². The topological polar surface area (TPSA) is 61.7 Å². The number of phenolic OH excluding ortho intramolecular Hbond substituents is 1. The van der Waals surface area contributed by atoms with Crippen LogP contribution in [0, 0.1) is 0 Å². The number of rotatable bonds is 7. The lowest BCUT2D eigenvalue weighted by Crippen LogP contribution is -2.28. The molecule has 0 saturated carbocycles. The quantitative estimate of drug-likeness (QED) is 0.758. The summed E-state index contributed by atoms with van der Waals surface area (Å²) in [5.74, 6) is 0.0430. The van der Waals surface area contributed by atoms with Crippen LogP contribution in [-0.2, 0) is 0 Å². The molecular weight excluding hydrogens is 276 g/mol. The van der Waals surface area contributed by atoms with Gasteiger partial charge < -0.3 is 10.4 Å². The molecule has 1 aliphatic rings. The lowest BCUT2D eigenvalue weighted by Gasteiger charge is -2.19. The Labute approximate surface area is 132 Å². The Balaban J connectivity index is 2.35. The van der Waals surface area contributed by atoms with E-state index in [0.717, 1.165) is 32.2 Å². The number of nitrogens with zero attached hydrogens (tertiary/aromatic N) is 1. The molecule has 2 N–H and O–H groups in total. The van der Waals surface area contributed by atoms with Gasteiger partial charge in [-0.05, 0) is 25.0 Å². The Morgan fingerprint density at radius 3 is 2.68 bits per heavy atom. The SMILES string of the molecule is CCCCN=C1C=C(NCCCC)C(=O)c2cccc(O)c21. The van der Waals surface area contributed by atoms with Crippen molar-refractivity contribution in [3.05, 3.63) is 41.1 Å². The highest BCUT2D eigenvalue weighted by atomic mass is 16.3. The summed E-state index contributed by atoms with van der Waals surface area (Å²) in [5.41, 5.74) is 2.35. The van der Waals surface area contributed by atoms with Crippen molar-refractivity contribution in [2.24, 2.45) is 4.99 Å². The van der Waals surface area contributed by atoms with Gasteiger partial charge in [0, 0.05) is 18.7 Å². The van der Waals surface area contributed by atoms with Gasteiger partial charge in [-0.25, -0.2) is 0 Å². The summed E-state index contributed by atoms with van der Waals surface area (Å²) in [6.45, 7) is 5.70. The number of carbonyl (C=O) groups is 1. The van der Waals surface area contributed by atoms with Crippen LogP contribution < -0.4 is 5.32 Å². The lowest BCUT2D eigenvalue weighted by atomic mass is 9.91. The predicted molar refractivity (Wildman–Crippen MR) is 89.7 cm³/mol. The van der Waals surface area contributed by atoms with Gasteiger partial charge >= 0.3 is 0 Å². The molecule has 0 radical (unpaired) electrons. The molecule has 0 aliphatic heterocycles. The van der Waals surface area contributed by atoms with Crippen LogP contribution in [0.15, 0.2) is 35.0 Å². The van der Waals surface area contributed by atoms with E-state index in [9.17, 15) is 9.90 Å². The largest absolute Gasteiger partial charge is 0.507 e. The monoisotopic (exact) mass is 300 g/mol. The van der Waals surface area contributed by atoms with E-state index >= 15 is 0 Å². The minimum Gasteiger partial charge on any atom is -0.507 e. The summed E-state index contributed by atoms with van der Waals surface area (Å²) in [4.78, 5) is 17.1. The summed E-state index contributed by atoms with van der Waals surface area (Å²) in [7, 11) is 0. The summed E-state index contributed by atoms with van der Waals surface area (Å²) in [5, 5.41) is 13.3. The van der Waals surface area contributed by atoms with Crippen LogP contribution in [0.25, 0.3) is 0 Å². The fourth-order valence-electron chi connectivity index (χ4n) is 2.43. The maximum absolute atomic E-state index is 12.5. The second-order valence-corrected chi connectivity index (χ2v) is 5.49. The van der Waals surface area contributed by atoms with E-state index in [1.54, 1.807) is 24.3 Å². The standard InChI is InChI=1S/C18H24N2O2/c1-3-5-10-19-14-12-15(20-11-6-4-2)18(22)13-8-7-9-16(21)17(13)14/h7-9,12,20-21H,3-6,10-11H2,1-2H3. The Bertz CT molecular complexity index is 603. The first-order chi connectivity index (χ1) is 10.7. The van der Waals surface area contributed by atoms with Crippen molar-refractivity contribution in [1.82, 2.24) is 5.32 Å². The van der Waals surface area contributed by atoms with Crippen LogP contribution in [0.5, 0.6) is 5.75 Å². The first kappa shape index (κ1) is 16.3. The van der Waals surface area contributed by atoms with E-state index in [1.807, 2.05) is 0 Å². The highest BCUT2D eigenvalue weighted by Crippen LogP contribution is 2.28. The Morgan fingerprint density at radius 1 is 1.18 bits per heavy atom. The number of phenols is 1. The minimum atomic E-state index is -0.0727. The molecule has 0 atom stereocenters. The van der Waals surface area contributed by atoms with Gasteiger partial charge in [-0.1, -0.05) is 38.8 Å². The normalized spacial score (nSPS) is 15.6. The number of hydrogen-bond donors (Lipinski definition) is 2. The van der Waals surface area contributed by atoms with Crippen LogP contribution in [0.4, 0.5) is 0 Å². The first-order valence-electron chi connectivity index (χ1n) is 8.06. The molecule has 0 heterocycles. The lowest BCUT2D eigenvalue weighted by molar-refractivity contribution is 0.102. The number of fused-ring (bicyclic) bond motifs is 1. The number of nitrogens with one attached hydrogen (secondary N) is 1. The van der Waals surface area contributed by atoms with Crippen molar-refractivity contribution >= 4 is 11.5 Å². The Kier molecular flexibility index (Phi) is 5.75. The molecule has 0 unspecified atom stereocenters. The summed E-state index contributed by atoms with van der Waals surface area (Å²) in [6, 6.07) is 5.05. The van der Waals surface area contributed by atoms with Gasteiger partial charge in [0.25, 0.3) is 0 Å². The van der Waals surface area contributed by atoms with E-state index in [1.165, 1.54) is 0 Å². The van der Waals surface area contributed by atoms with Crippen molar-refractivity contribution in [2.45, 2.75) is 39.5 Å². The number of aliphatic imine (C=N–C) groups is 1. The number of benzene rings is 1. The second kappa shape index (κ2) is 7.78. The molecule has 4 heteroatoms. The molecular formula is C18H24N2O2. The third kappa shape index (κ3) is 3.56. The zero-order chi connectivity index (χ0) is 15.9. The van der Waals surface area contributed by atoms with Crippen molar-refractivity contribution < 1.29 is 9.90 Å². The summed E-state index contributed by atoms with van der Waals surface area (Å²) < 4.78 is 0. The molecule has 0 bridgehead atoms. The highest BCUT2D eigenvalue weighted by Gasteiger charge is 2.26. The number of ketones is 1. The molecule has 118 valence electrons. The minimum absolute atomic E-state index is 0.0727. The number of allylic oxidation sites excluding steroid dienone is 2. The van der Waals surface area contributed by atoms with Gasteiger partial charge in [0.15, 0.2) is 0 Å². The van der Waals surface area contributed by atoms with Crippen molar-refractivity contribution in [2.75, 3.05) is 13.1 Å². The van der Waals surface area contributed by atoms with Crippen molar-refractivity contribution in [3.8, 4) is 5.75 Å². The molecule has 22 heavy (non-hydrogen) atoms. The van der Waals surface area contributed by atoms with E-state index in [0.29, 0.717) is 29.1 Å². The first-order valence-corrected chi connectivity index (χ1v) is 8.06. The van der Waals surface area contributed by atoms with Gasteiger partial charge in [0.1, 0.15) is 5.75 Å². The highest BCUT2D eigenvalue weighted by molar-refractivity contribution is 6.27. The Hall–Kier alpha value is -2.10. The molecule has 1 aliphatic carbocycles. The fraction of sp³-hybridized carbons (Fsp3) is 0.444. The molecule has 1 aromatic rings. The molecule has 0 fully saturated rings. The molecule has 4 nitrogen and oxygen atoms in total. The maximum Gasteiger partial charge on any atom is 0.209 e. The van der Waals surface area contributed by atoms with Crippen LogP contribution in [0.1, 0.15) is 55.5 Å². The molecule has 2 rings (SSSR count). The molecule has 0 amide bonds. The zero-order valence-corrected chi connectivity index (χ0v) is 13.4. The van der Waals surface area contributed by atoms with E-state index < -0.39 is 0 Å². The second-order valence-electron chi connectivity index (χ2n) is 5.49. The number of carbonyl (C=O) groups excluding carboxylic acids is 1. The van der Waals surface area contributed by atoms with E-state index in [-0.39, 0.29) is 11.5 Å². The smallest absolute Gasteiger partial charge is 0.209 e. The maximum atomic E-state index is 12.5. The average molecular weight is 300 g/mol. The van der Waals surface area contributed by atoms with Gasteiger partial charge in [-0.3, -0.25) is 9.79 Å². The van der Waals surface area contributed by atoms with Crippen LogP contribution in [-0.4, -0.2) is 29.7 Å². The molecule has 0 aromatic heterocycles. The van der Waals surface area contributed by atoms with Crippen molar-refractivity contribution in [3.63, 3.8) is 0 Å². The number of Topliss-reactive ketones (excluding diaryl/α,β-unsaturated/α-hetero) is 1. The third-order valence-corrected chi connectivity index (χ3v) is 3.71.